The van der Waals surface area contributed by atoms with Crippen molar-refractivity contribution in [1.82, 2.24) is 10.2 Å². The average Bonchev–Trinajstić information content (AvgIpc) is 2.43. The summed E-state index contributed by atoms with van der Waals surface area (Å²) in [5, 5.41) is 3.86. The van der Waals surface area contributed by atoms with Gasteiger partial charge in [-0.1, -0.05) is 27.7 Å². The Balaban J connectivity index is 1.73. The summed E-state index contributed by atoms with van der Waals surface area (Å²) in [5.74, 6) is 2.20. The molecule has 3 unspecified atom stereocenters. The molecule has 1 amide bonds. The normalized spacial score (nSPS) is 32.6. The lowest BCUT2D eigenvalue weighted by atomic mass is 9.79. The first-order chi connectivity index (χ1) is 9.47. The van der Waals surface area contributed by atoms with E-state index in [9.17, 15) is 4.79 Å². The van der Waals surface area contributed by atoms with Gasteiger partial charge in [0, 0.05) is 31.1 Å². The van der Waals surface area contributed by atoms with Crippen LogP contribution in [0, 0.1) is 17.8 Å². The third-order valence-electron chi connectivity index (χ3n) is 5.37. The second-order valence-corrected chi connectivity index (χ2v) is 7.39. The zero-order chi connectivity index (χ0) is 14.7. The first kappa shape index (κ1) is 15.8. The summed E-state index contributed by atoms with van der Waals surface area (Å²) >= 11 is 0. The molecule has 1 N–H and O–H groups in total. The first-order valence-electron chi connectivity index (χ1n) is 8.52. The van der Waals surface area contributed by atoms with Gasteiger partial charge in [0.25, 0.3) is 0 Å². The number of hydrogen-bond donors (Lipinski definition) is 1. The minimum atomic E-state index is 0.139. The van der Waals surface area contributed by atoms with Crippen molar-refractivity contribution in [2.24, 2.45) is 17.8 Å². The zero-order valence-corrected chi connectivity index (χ0v) is 13.7. The fraction of sp³-hybridized carbons (Fsp3) is 0.941. The van der Waals surface area contributed by atoms with Gasteiger partial charge >= 0.3 is 0 Å². The fourth-order valence-electron chi connectivity index (χ4n) is 3.66. The zero-order valence-electron chi connectivity index (χ0n) is 13.7. The third kappa shape index (κ3) is 3.97. The van der Waals surface area contributed by atoms with Crippen LogP contribution in [0.5, 0.6) is 0 Å². The number of likely N-dealkylation sites (tertiary alicyclic amines) is 1. The third-order valence-corrected chi connectivity index (χ3v) is 5.37. The van der Waals surface area contributed by atoms with E-state index in [2.05, 4.69) is 24.1 Å². The topological polar surface area (TPSA) is 32.3 Å². The van der Waals surface area contributed by atoms with Crippen molar-refractivity contribution in [3.63, 3.8) is 0 Å². The Morgan fingerprint density at radius 2 is 1.65 bits per heavy atom. The summed E-state index contributed by atoms with van der Waals surface area (Å²) in [6, 6.07) is 1.33. The van der Waals surface area contributed by atoms with Crippen LogP contribution in [-0.2, 0) is 4.79 Å². The summed E-state index contributed by atoms with van der Waals surface area (Å²) in [6.07, 6.45) is 6.27. The Morgan fingerprint density at radius 3 is 2.20 bits per heavy atom. The molecule has 0 radical (unpaired) electrons. The molecule has 3 nitrogen and oxygen atoms in total. The quantitative estimate of drug-likeness (QED) is 0.862. The number of amides is 1. The van der Waals surface area contributed by atoms with Crippen molar-refractivity contribution >= 4 is 5.91 Å². The van der Waals surface area contributed by atoms with Crippen molar-refractivity contribution in [3.8, 4) is 0 Å². The van der Waals surface area contributed by atoms with E-state index >= 15 is 0 Å². The number of piperidine rings is 1. The number of nitrogens with one attached hydrogen (secondary N) is 1. The van der Waals surface area contributed by atoms with Gasteiger partial charge in [0.2, 0.25) is 5.91 Å². The highest BCUT2D eigenvalue weighted by Gasteiger charge is 2.29. The van der Waals surface area contributed by atoms with Crippen LogP contribution in [0.4, 0.5) is 0 Å². The Bertz CT molecular complexity index is 321. The van der Waals surface area contributed by atoms with Crippen LogP contribution >= 0.6 is 0 Å². The van der Waals surface area contributed by atoms with Crippen LogP contribution in [0.15, 0.2) is 0 Å². The molecule has 0 aromatic rings. The molecule has 0 aromatic carbocycles. The molecule has 1 aliphatic heterocycles. The summed E-state index contributed by atoms with van der Waals surface area (Å²) in [4.78, 5) is 14.0. The van der Waals surface area contributed by atoms with Gasteiger partial charge in [0.05, 0.1) is 0 Å². The lowest BCUT2D eigenvalue weighted by Gasteiger charge is -2.38. The molecule has 20 heavy (non-hydrogen) atoms. The standard InChI is InChI=1S/C17H32N2O/c1-12(2)17(20)19-9-7-15(8-10-19)18-16-6-5-13(3)14(4)11-16/h12-16,18H,5-11H2,1-4H3. The molecular weight excluding hydrogens is 248 g/mol. The minimum absolute atomic E-state index is 0.139. The number of rotatable bonds is 3. The van der Waals surface area contributed by atoms with Crippen molar-refractivity contribution in [2.45, 2.75) is 71.9 Å². The maximum Gasteiger partial charge on any atom is 0.225 e. The molecule has 1 saturated heterocycles. The predicted octanol–water partition coefficient (Wildman–Crippen LogP) is 3.05. The lowest BCUT2D eigenvalue weighted by molar-refractivity contribution is -0.135. The predicted molar refractivity (Wildman–Crippen MR) is 83.5 cm³/mol. The van der Waals surface area contributed by atoms with Gasteiger partial charge in [0.15, 0.2) is 0 Å². The monoisotopic (exact) mass is 280 g/mol. The van der Waals surface area contributed by atoms with E-state index in [1.54, 1.807) is 0 Å². The number of carbonyl (C=O) groups is 1. The van der Waals surface area contributed by atoms with Gasteiger partial charge in [-0.25, -0.2) is 0 Å². The molecule has 3 heteroatoms. The SMILES string of the molecule is CC(C)C(=O)N1CCC(NC2CCC(C)C(C)C2)CC1. The largest absolute Gasteiger partial charge is 0.342 e. The van der Waals surface area contributed by atoms with E-state index in [1.807, 2.05) is 13.8 Å². The van der Waals surface area contributed by atoms with E-state index in [4.69, 9.17) is 0 Å². The molecule has 0 bridgehead atoms. The lowest BCUT2D eigenvalue weighted by Crippen LogP contribution is -2.49. The highest BCUT2D eigenvalue weighted by Crippen LogP contribution is 2.30. The molecular formula is C17H32N2O. The van der Waals surface area contributed by atoms with Crippen molar-refractivity contribution in [2.75, 3.05) is 13.1 Å². The highest BCUT2D eigenvalue weighted by atomic mass is 16.2. The molecule has 116 valence electrons. The molecule has 1 heterocycles. The maximum absolute atomic E-state index is 12.0. The summed E-state index contributed by atoms with van der Waals surface area (Å²) < 4.78 is 0. The molecule has 3 atom stereocenters. The Morgan fingerprint density at radius 1 is 1.00 bits per heavy atom. The summed E-state index contributed by atoms with van der Waals surface area (Å²) in [7, 11) is 0. The van der Waals surface area contributed by atoms with Crippen LogP contribution in [-0.4, -0.2) is 36.0 Å². The fourth-order valence-corrected chi connectivity index (χ4v) is 3.66. The summed E-state index contributed by atoms with van der Waals surface area (Å²) in [5.41, 5.74) is 0. The van der Waals surface area contributed by atoms with Crippen molar-refractivity contribution in [3.05, 3.63) is 0 Å². The van der Waals surface area contributed by atoms with Crippen LogP contribution < -0.4 is 5.32 Å². The Kier molecular flexibility index (Phi) is 5.48. The average molecular weight is 280 g/mol. The van der Waals surface area contributed by atoms with Gasteiger partial charge in [-0.2, -0.15) is 0 Å². The smallest absolute Gasteiger partial charge is 0.225 e. The van der Waals surface area contributed by atoms with E-state index in [0.717, 1.165) is 37.8 Å². The van der Waals surface area contributed by atoms with Crippen LogP contribution in [0.1, 0.15) is 59.8 Å². The van der Waals surface area contributed by atoms with E-state index in [-0.39, 0.29) is 5.92 Å². The molecule has 0 aromatic heterocycles. The second-order valence-electron chi connectivity index (χ2n) is 7.39. The van der Waals surface area contributed by atoms with Gasteiger partial charge in [-0.05, 0) is 43.9 Å². The molecule has 1 aliphatic carbocycles. The Labute approximate surface area is 124 Å². The van der Waals surface area contributed by atoms with Gasteiger partial charge in [-0.3, -0.25) is 4.79 Å². The van der Waals surface area contributed by atoms with E-state index in [0.29, 0.717) is 18.0 Å². The summed E-state index contributed by atoms with van der Waals surface area (Å²) in [6.45, 7) is 10.6. The number of carbonyl (C=O) groups excluding carboxylic acids is 1. The number of nitrogens with zero attached hydrogens (tertiary/aromatic N) is 1. The highest BCUT2D eigenvalue weighted by molar-refractivity contribution is 5.78. The van der Waals surface area contributed by atoms with Gasteiger partial charge in [-0.15, -0.1) is 0 Å². The van der Waals surface area contributed by atoms with Crippen molar-refractivity contribution < 1.29 is 4.79 Å². The maximum atomic E-state index is 12.0. The van der Waals surface area contributed by atoms with Crippen LogP contribution in [0.3, 0.4) is 0 Å². The molecule has 2 fully saturated rings. The molecule has 0 spiro atoms. The van der Waals surface area contributed by atoms with E-state index in [1.165, 1.54) is 19.3 Å². The van der Waals surface area contributed by atoms with Gasteiger partial charge in [0.1, 0.15) is 0 Å². The second kappa shape index (κ2) is 6.93. The molecule has 2 rings (SSSR count). The van der Waals surface area contributed by atoms with Crippen molar-refractivity contribution in [1.29, 1.82) is 0 Å². The molecule has 2 aliphatic rings. The minimum Gasteiger partial charge on any atom is -0.342 e. The van der Waals surface area contributed by atoms with Crippen LogP contribution in [0.2, 0.25) is 0 Å². The number of hydrogen-bond acceptors (Lipinski definition) is 2. The van der Waals surface area contributed by atoms with Gasteiger partial charge < -0.3 is 10.2 Å². The van der Waals surface area contributed by atoms with Crippen LogP contribution in [0.25, 0.3) is 0 Å². The van der Waals surface area contributed by atoms with E-state index < -0.39 is 0 Å². The Hall–Kier alpha value is -0.570. The molecule has 1 saturated carbocycles. The first-order valence-corrected chi connectivity index (χ1v) is 8.52.